The first kappa shape index (κ1) is 14.0. The van der Waals surface area contributed by atoms with E-state index in [1.807, 2.05) is 6.33 Å². The summed E-state index contributed by atoms with van der Waals surface area (Å²) in [5.74, 6) is 0. The molecule has 2 aliphatic rings. The summed E-state index contributed by atoms with van der Waals surface area (Å²) in [6, 6.07) is 1.29. The molecule has 2 unspecified atom stereocenters. The molecule has 20 heavy (non-hydrogen) atoms. The van der Waals surface area contributed by atoms with Gasteiger partial charge in [0.1, 0.15) is 0 Å². The first-order valence-corrected chi connectivity index (χ1v) is 7.97. The van der Waals surface area contributed by atoms with Gasteiger partial charge in [0, 0.05) is 57.8 Å². The third-order valence-corrected chi connectivity index (χ3v) is 4.91. The van der Waals surface area contributed by atoms with Crippen LogP contribution in [0.4, 0.5) is 0 Å². The monoisotopic (exact) mass is 277 g/mol. The maximum Gasteiger partial charge on any atom is 0.0925 e. The zero-order chi connectivity index (χ0) is 13.9. The smallest absolute Gasteiger partial charge is 0.0925 e. The second-order valence-electron chi connectivity index (χ2n) is 6.20. The van der Waals surface area contributed by atoms with Gasteiger partial charge in [0.05, 0.1) is 17.7 Å². The SMILES string of the molecule is CCC(C)N1CCN(CC2Cc3nc[nH]c3CN2)CC1. The third-order valence-electron chi connectivity index (χ3n) is 4.91. The lowest BCUT2D eigenvalue weighted by atomic mass is 10.0. The van der Waals surface area contributed by atoms with Gasteiger partial charge in [0.2, 0.25) is 0 Å². The second kappa shape index (κ2) is 6.24. The Kier molecular flexibility index (Phi) is 4.38. The van der Waals surface area contributed by atoms with Crippen molar-refractivity contribution in [2.24, 2.45) is 0 Å². The van der Waals surface area contributed by atoms with Gasteiger partial charge in [-0.05, 0) is 13.3 Å². The van der Waals surface area contributed by atoms with E-state index in [0.29, 0.717) is 6.04 Å². The average Bonchev–Trinajstić information content (AvgIpc) is 2.95. The summed E-state index contributed by atoms with van der Waals surface area (Å²) in [6.45, 7) is 11.6. The number of hydrogen-bond donors (Lipinski definition) is 2. The van der Waals surface area contributed by atoms with Crippen molar-refractivity contribution in [3.05, 3.63) is 17.7 Å². The fourth-order valence-electron chi connectivity index (χ4n) is 3.32. The minimum absolute atomic E-state index is 0.556. The van der Waals surface area contributed by atoms with Crippen LogP contribution in [0.5, 0.6) is 0 Å². The van der Waals surface area contributed by atoms with E-state index in [-0.39, 0.29) is 0 Å². The number of nitrogens with zero attached hydrogens (tertiary/aromatic N) is 3. The zero-order valence-corrected chi connectivity index (χ0v) is 12.7. The highest BCUT2D eigenvalue weighted by molar-refractivity contribution is 5.16. The molecule has 5 heteroatoms. The van der Waals surface area contributed by atoms with E-state index < -0.39 is 0 Å². The van der Waals surface area contributed by atoms with Gasteiger partial charge >= 0.3 is 0 Å². The molecule has 1 saturated heterocycles. The highest BCUT2D eigenvalue weighted by atomic mass is 15.3. The number of fused-ring (bicyclic) bond motifs is 1. The number of hydrogen-bond acceptors (Lipinski definition) is 4. The molecule has 3 heterocycles. The maximum absolute atomic E-state index is 4.42. The fourth-order valence-corrected chi connectivity index (χ4v) is 3.32. The van der Waals surface area contributed by atoms with Crippen LogP contribution >= 0.6 is 0 Å². The highest BCUT2D eigenvalue weighted by Gasteiger charge is 2.25. The van der Waals surface area contributed by atoms with Crippen LogP contribution in [0, 0.1) is 0 Å². The molecule has 0 radical (unpaired) electrons. The summed E-state index contributed by atoms with van der Waals surface area (Å²) in [6.07, 6.45) is 4.14. The molecule has 0 aliphatic carbocycles. The second-order valence-corrected chi connectivity index (χ2v) is 6.20. The molecular formula is C15H27N5. The molecule has 0 amide bonds. The number of aromatic nitrogens is 2. The van der Waals surface area contributed by atoms with Crippen molar-refractivity contribution < 1.29 is 0 Å². The third kappa shape index (κ3) is 3.05. The number of H-pyrrole nitrogens is 1. The Morgan fingerprint density at radius 3 is 2.90 bits per heavy atom. The van der Waals surface area contributed by atoms with Crippen molar-refractivity contribution >= 4 is 0 Å². The summed E-state index contributed by atoms with van der Waals surface area (Å²) < 4.78 is 0. The van der Waals surface area contributed by atoms with E-state index in [2.05, 4.69) is 38.9 Å². The molecule has 0 bridgehead atoms. The zero-order valence-electron chi connectivity index (χ0n) is 12.7. The molecule has 1 aromatic heterocycles. The summed E-state index contributed by atoms with van der Waals surface area (Å²) in [7, 11) is 0. The predicted molar refractivity (Wildman–Crippen MR) is 80.7 cm³/mol. The maximum atomic E-state index is 4.42. The molecule has 0 saturated carbocycles. The van der Waals surface area contributed by atoms with Crippen LogP contribution in [-0.4, -0.2) is 64.6 Å². The van der Waals surface area contributed by atoms with Crippen LogP contribution in [0.2, 0.25) is 0 Å². The van der Waals surface area contributed by atoms with Gasteiger partial charge in [-0.3, -0.25) is 9.80 Å². The number of imidazole rings is 1. The quantitative estimate of drug-likeness (QED) is 0.856. The summed E-state index contributed by atoms with van der Waals surface area (Å²) in [4.78, 5) is 12.9. The van der Waals surface area contributed by atoms with Crippen molar-refractivity contribution in [1.82, 2.24) is 25.1 Å². The van der Waals surface area contributed by atoms with Crippen molar-refractivity contribution in [3.8, 4) is 0 Å². The average molecular weight is 277 g/mol. The molecule has 1 fully saturated rings. The molecule has 2 atom stereocenters. The minimum atomic E-state index is 0.556. The van der Waals surface area contributed by atoms with Crippen molar-refractivity contribution in [3.63, 3.8) is 0 Å². The van der Waals surface area contributed by atoms with Crippen LogP contribution in [0.15, 0.2) is 6.33 Å². The van der Waals surface area contributed by atoms with Crippen molar-refractivity contribution in [2.45, 2.75) is 45.3 Å². The van der Waals surface area contributed by atoms with Gasteiger partial charge in [0.25, 0.3) is 0 Å². The van der Waals surface area contributed by atoms with Gasteiger partial charge in [-0.15, -0.1) is 0 Å². The summed E-state index contributed by atoms with van der Waals surface area (Å²) in [5, 5.41) is 3.63. The molecule has 0 spiro atoms. The summed E-state index contributed by atoms with van der Waals surface area (Å²) in [5.41, 5.74) is 2.52. The van der Waals surface area contributed by atoms with Crippen LogP contribution < -0.4 is 5.32 Å². The predicted octanol–water partition coefficient (Wildman–Crippen LogP) is 0.840. The lowest BCUT2D eigenvalue weighted by Gasteiger charge is -2.39. The normalized spacial score (nSPS) is 26.4. The molecule has 5 nitrogen and oxygen atoms in total. The first-order chi connectivity index (χ1) is 9.76. The molecule has 1 aromatic rings. The Morgan fingerprint density at radius 1 is 1.35 bits per heavy atom. The van der Waals surface area contributed by atoms with Crippen molar-refractivity contribution in [2.75, 3.05) is 32.7 Å². The molecule has 0 aromatic carbocycles. The van der Waals surface area contributed by atoms with Gasteiger partial charge in [-0.25, -0.2) is 4.98 Å². The Morgan fingerprint density at radius 2 is 2.15 bits per heavy atom. The summed E-state index contributed by atoms with van der Waals surface area (Å²) >= 11 is 0. The number of piperazine rings is 1. The van der Waals surface area contributed by atoms with E-state index in [4.69, 9.17) is 0 Å². The number of nitrogens with one attached hydrogen (secondary N) is 2. The van der Waals surface area contributed by atoms with E-state index in [1.54, 1.807) is 0 Å². The molecule has 2 aliphatic heterocycles. The van der Waals surface area contributed by atoms with Gasteiger partial charge in [-0.1, -0.05) is 6.92 Å². The largest absolute Gasteiger partial charge is 0.347 e. The van der Waals surface area contributed by atoms with Crippen molar-refractivity contribution in [1.29, 1.82) is 0 Å². The topological polar surface area (TPSA) is 47.2 Å². The minimum Gasteiger partial charge on any atom is -0.347 e. The highest BCUT2D eigenvalue weighted by Crippen LogP contribution is 2.14. The Hall–Kier alpha value is -0.910. The molecular weight excluding hydrogens is 250 g/mol. The van der Waals surface area contributed by atoms with Crippen LogP contribution in [0.3, 0.4) is 0 Å². The molecule has 3 rings (SSSR count). The lowest BCUT2D eigenvalue weighted by Crippen LogP contribution is -2.53. The van der Waals surface area contributed by atoms with E-state index >= 15 is 0 Å². The first-order valence-electron chi connectivity index (χ1n) is 7.97. The number of aromatic amines is 1. The Balaban J connectivity index is 1.46. The van der Waals surface area contributed by atoms with Crippen LogP contribution in [0.1, 0.15) is 31.7 Å². The molecule has 112 valence electrons. The van der Waals surface area contributed by atoms with Crippen LogP contribution in [0.25, 0.3) is 0 Å². The van der Waals surface area contributed by atoms with E-state index in [0.717, 1.165) is 25.6 Å². The number of rotatable bonds is 4. The van der Waals surface area contributed by atoms with Gasteiger partial charge in [0.15, 0.2) is 0 Å². The van der Waals surface area contributed by atoms with Crippen LogP contribution in [-0.2, 0) is 13.0 Å². The van der Waals surface area contributed by atoms with Gasteiger partial charge in [-0.2, -0.15) is 0 Å². The fraction of sp³-hybridized carbons (Fsp3) is 0.800. The Labute approximate surface area is 121 Å². The van der Waals surface area contributed by atoms with E-state index in [9.17, 15) is 0 Å². The lowest BCUT2D eigenvalue weighted by molar-refractivity contribution is 0.0930. The Bertz CT molecular complexity index is 422. The van der Waals surface area contributed by atoms with Gasteiger partial charge < -0.3 is 10.3 Å². The standard InChI is InChI=1S/C15H27N5/c1-3-12(2)20-6-4-19(5-7-20)10-13-8-14-15(9-16-13)18-11-17-14/h11-13,16H,3-10H2,1-2H3,(H,17,18). The van der Waals surface area contributed by atoms with E-state index in [1.165, 1.54) is 44.0 Å². The molecule has 2 N–H and O–H groups in total.